The van der Waals surface area contributed by atoms with Crippen LogP contribution in [0.15, 0.2) is 126 Å². The van der Waals surface area contributed by atoms with Crippen molar-refractivity contribution >= 4 is 12.6 Å². The molecule has 0 spiro atoms. The molecule has 0 saturated carbocycles. The van der Waals surface area contributed by atoms with Crippen LogP contribution in [0, 0.1) is 0 Å². The van der Waals surface area contributed by atoms with Crippen LogP contribution in [0.1, 0.15) is 60.5 Å². The Morgan fingerprint density at radius 1 is 0.705 bits per heavy atom. The van der Waals surface area contributed by atoms with Crippen molar-refractivity contribution in [1.82, 2.24) is 20.2 Å². The first-order valence-electron chi connectivity index (χ1n) is 14.8. The summed E-state index contributed by atoms with van der Waals surface area (Å²) < 4.78 is 0. The number of aromatic nitrogens is 4. The second-order valence-electron chi connectivity index (χ2n) is 11.9. The molecule has 0 atom stereocenters. The average molecular weight is 772 g/mol. The number of nitrogens with zero attached hydrogens (tertiary/aromatic N) is 4. The molecule has 0 aliphatic heterocycles. The van der Waals surface area contributed by atoms with Gasteiger partial charge in [-0.25, -0.2) is 0 Å². The van der Waals surface area contributed by atoms with Gasteiger partial charge in [0.2, 0.25) is 0 Å². The van der Waals surface area contributed by atoms with Gasteiger partial charge in [-0.05, 0) is 71.3 Å². The summed E-state index contributed by atoms with van der Waals surface area (Å²) in [5.74, 6) is 0. The van der Waals surface area contributed by atoms with Crippen molar-refractivity contribution in [3.8, 4) is 22.5 Å². The van der Waals surface area contributed by atoms with Crippen LogP contribution in [0.4, 0.5) is 0 Å². The summed E-state index contributed by atoms with van der Waals surface area (Å²) in [7, 11) is 0. The van der Waals surface area contributed by atoms with Crippen LogP contribution in [0.3, 0.4) is 0 Å². The average Bonchev–Trinajstić information content (AvgIpc) is 3.62. The summed E-state index contributed by atoms with van der Waals surface area (Å²) in [4.78, 5) is 11.2. The van der Waals surface area contributed by atoms with Crippen LogP contribution in [-0.2, 0) is 50.9 Å². The van der Waals surface area contributed by atoms with E-state index in [0.717, 1.165) is 52.6 Å². The van der Waals surface area contributed by atoms with E-state index in [1.807, 2.05) is 42.6 Å². The third kappa shape index (κ3) is 5.02. The van der Waals surface area contributed by atoms with E-state index in [4.69, 9.17) is 22.6 Å². The van der Waals surface area contributed by atoms with E-state index >= 15 is 0 Å². The molecule has 6 heteroatoms. The predicted octanol–water partition coefficient (Wildman–Crippen LogP) is 8.06. The molecule has 3 aromatic carbocycles. The quantitative estimate of drug-likeness (QED) is 0.170. The maximum absolute atomic E-state index is 5.36. The Labute approximate surface area is 279 Å². The standard InChI is InChI=1S/C32H27N4.C6H6S.Pt/c1-31(2)19-10-13-23-29(35-36-30(23)31)26-16-9-18-28(34-26)32(27-17-7-8-20-33-27)24-14-5-3-11-21(24)22-12-4-6-15-25(22)32;7-6-4-2-1-3-5-6;/h3-9,11-12,14-18,20H,10,13,19H2,1-2H3;1-5,7H;/q-1;;+2/p-1. The van der Waals surface area contributed by atoms with Crippen molar-refractivity contribution in [2.45, 2.75) is 48.8 Å². The predicted molar refractivity (Wildman–Crippen MR) is 174 cm³/mol. The number of rotatable bonds is 3. The molecule has 0 unspecified atom stereocenters. The Balaban J connectivity index is 0.000000381. The number of hydrogen-bond acceptors (Lipinski definition) is 4. The van der Waals surface area contributed by atoms with Crippen molar-refractivity contribution < 1.29 is 21.1 Å². The molecule has 6 aromatic rings. The van der Waals surface area contributed by atoms with Gasteiger partial charge >= 0.3 is 21.1 Å². The van der Waals surface area contributed by atoms with Crippen LogP contribution in [0.25, 0.3) is 22.5 Å². The molecule has 8 rings (SSSR count). The van der Waals surface area contributed by atoms with E-state index in [9.17, 15) is 0 Å². The molecular weight excluding hydrogens is 740 g/mol. The Morgan fingerprint density at radius 2 is 1.34 bits per heavy atom. The molecule has 220 valence electrons. The summed E-state index contributed by atoms with van der Waals surface area (Å²) in [5, 5.41) is 9.35. The van der Waals surface area contributed by atoms with E-state index < -0.39 is 5.41 Å². The molecule has 0 N–H and O–H groups in total. The minimum atomic E-state index is -0.607. The van der Waals surface area contributed by atoms with Crippen molar-refractivity contribution in [2.75, 3.05) is 0 Å². The summed E-state index contributed by atoms with van der Waals surface area (Å²) in [6, 6.07) is 39.5. The SMILES string of the molecule is CC1(C)CCCc2c1n[n-]c2-c1cccc(C2(c3ccccn3)c3ccccc3-c3ccccc32)n1.[Pt+2].[S-]c1ccccc1. The van der Waals surface area contributed by atoms with Crippen LogP contribution in [0.5, 0.6) is 0 Å². The van der Waals surface area contributed by atoms with Gasteiger partial charge in [-0.15, -0.1) is 0 Å². The summed E-state index contributed by atoms with van der Waals surface area (Å²) >= 11 is 4.81. The zero-order valence-electron chi connectivity index (χ0n) is 24.7. The molecule has 0 fully saturated rings. The smallest absolute Gasteiger partial charge is 0.780 e. The molecule has 3 aromatic heterocycles. The number of fused-ring (bicyclic) bond motifs is 4. The Kier molecular flexibility index (Phi) is 8.37. The molecule has 3 heterocycles. The Bertz CT molecular complexity index is 1850. The molecular formula is C38H32N4PtS. The maximum Gasteiger partial charge on any atom is 2.00 e. The molecule has 44 heavy (non-hydrogen) atoms. The van der Waals surface area contributed by atoms with E-state index in [-0.39, 0.29) is 26.5 Å². The minimum absolute atomic E-state index is 0. The van der Waals surface area contributed by atoms with E-state index in [0.29, 0.717) is 0 Å². The van der Waals surface area contributed by atoms with Crippen LogP contribution < -0.4 is 5.10 Å². The molecule has 0 bridgehead atoms. The van der Waals surface area contributed by atoms with E-state index in [1.165, 1.54) is 27.8 Å². The van der Waals surface area contributed by atoms with Gasteiger partial charge in [0.05, 0.1) is 17.1 Å². The number of benzene rings is 3. The van der Waals surface area contributed by atoms with Crippen LogP contribution in [-0.4, -0.2) is 15.1 Å². The fraction of sp³-hybridized carbons (Fsp3) is 0.184. The van der Waals surface area contributed by atoms with Crippen molar-refractivity contribution in [1.29, 1.82) is 0 Å². The van der Waals surface area contributed by atoms with Gasteiger partial charge in [0.25, 0.3) is 0 Å². The Morgan fingerprint density at radius 3 is 1.98 bits per heavy atom. The normalized spacial score (nSPS) is 15.0. The van der Waals surface area contributed by atoms with Gasteiger partial charge in [0, 0.05) is 17.3 Å². The fourth-order valence-corrected chi connectivity index (χ4v) is 7.00. The second-order valence-corrected chi connectivity index (χ2v) is 12.4. The van der Waals surface area contributed by atoms with Gasteiger partial charge in [0.15, 0.2) is 0 Å². The number of hydrogen-bond donors (Lipinski definition) is 0. The summed E-state index contributed by atoms with van der Waals surface area (Å²) in [5.41, 5.74) is 10.5. The zero-order chi connectivity index (χ0) is 29.4. The molecule has 2 aliphatic carbocycles. The van der Waals surface area contributed by atoms with Crippen LogP contribution in [0.2, 0.25) is 0 Å². The third-order valence-corrected chi connectivity index (χ3v) is 9.08. The van der Waals surface area contributed by atoms with Gasteiger partial charge in [-0.3, -0.25) is 9.97 Å². The van der Waals surface area contributed by atoms with Crippen LogP contribution >= 0.6 is 0 Å². The first-order valence-corrected chi connectivity index (χ1v) is 15.2. The van der Waals surface area contributed by atoms with Gasteiger partial charge in [0.1, 0.15) is 5.41 Å². The largest absolute Gasteiger partial charge is 2.00 e. The second kappa shape index (κ2) is 12.2. The zero-order valence-corrected chi connectivity index (χ0v) is 27.8. The first-order chi connectivity index (χ1) is 21.0. The van der Waals surface area contributed by atoms with Crippen molar-refractivity contribution in [3.05, 3.63) is 155 Å². The molecule has 0 amide bonds. The van der Waals surface area contributed by atoms with E-state index in [1.54, 1.807) is 0 Å². The molecule has 0 saturated heterocycles. The fourth-order valence-electron chi connectivity index (χ4n) is 6.84. The third-order valence-electron chi connectivity index (χ3n) is 8.81. The maximum atomic E-state index is 5.36. The first kappa shape index (κ1) is 30.1. The van der Waals surface area contributed by atoms with Crippen molar-refractivity contribution in [2.24, 2.45) is 0 Å². The minimum Gasteiger partial charge on any atom is -0.780 e. The summed E-state index contributed by atoms with van der Waals surface area (Å²) in [6.45, 7) is 4.55. The molecule has 2 aliphatic rings. The molecule has 4 nitrogen and oxygen atoms in total. The molecule has 0 radical (unpaired) electrons. The van der Waals surface area contributed by atoms with E-state index in [2.05, 4.69) is 103 Å². The van der Waals surface area contributed by atoms with Crippen molar-refractivity contribution in [3.63, 3.8) is 0 Å². The van der Waals surface area contributed by atoms with Gasteiger partial charge in [-0.2, -0.15) is 4.90 Å². The summed E-state index contributed by atoms with van der Waals surface area (Å²) in [6.07, 6.45) is 5.18. The number of pyridine rings is 2. The van der Waals surface area contributed by atoms with Gasteiger partial charge in [-0.1, -0.05) is 111 Å². The topological polar surface area (TPSA) is 52.8 Å². The van der Waals surface area contributed by atoms with Gasteiger partial charge < -0.3 is 22.8 Å². The Hall–Kier alpha value is -3.92. The monoisotopic (exact) mass is 771 g/mol.